The smallest absolute Gasteiger partial charge is 0.326 e. The van der Waals surface area contributed by atoms with Crippen molar-refractivity contribution < 1.29 is 18.0 Å². The summed E-state index contributed by atoms with van der Waals surface area (Å²) < 4.78 is 37.1. The lowest BCUT2D eigenvalue weighted by Gasteiger charge is -2.10. The van der Waals surface area contributed by atoms with Gasteiger partial charge in [-0.1, -0.05) is 39.3 Å². The van der Waals surface area contributed by atoms with E-state index in [9.17, 15) is 18.0 Å². The van der Waals surface area contributed by atoms with Crippen molar-refractivity contribution in [3.05, 3.63) is 28.8 Å². The van der Waals surface area contributed by atoms with Crippen LogP contribution in [0.25, 0.3) is 0 Å². The number of benzene rings is 1. The van der Waals surface area contributed by atoms with Gasteiger partial charge < -0.3 is 5.32 Å². The number of carbonyl (C=O) groups excluding carboxylic acids is 1. The predicted octanol–water partition coefficient (Wildman–Crippen LogP) is 5.37. The summed E-state index contributed by atoms with van der Waals surface area (Å²) in [5, 5.41) is 1.85. The Bertz CT molecular complexity index is 392. The van der Waals surface area contributed by atoms with E-state index in [2.05, 4.69) is 5.32 Å². The molecule has 6 heteroatoms. The summed E-state index contributed by atoms with van der Waals surface area (Å²) in [6.07, 6.45) is -4.52. The van der Waals surface area contributed by atoms with Gasteiger partial charge >= 0.3 is 6.18 Å². The molecule has 0 spiro atoms. The van der Waals surface area contributed by atoms with Crippen LogP contribution in [0.5, 0.6) is 0 Å². The summed E-state index contributed by atoms with van der Waals surface area (Å²) in [6.45, 7) is 9.21. The molecule has 110 valence electrons. The second kappa shape index (κ2) is 9.67. The van der Waals surface area contributed by atoms with Crippen LogP contribution in [0.15, 0.2) is 18.2 Å². The summed E-state index contributed by atoms with van der Waals surface area (Å²) in [7, 11) is 0. The maximum absolute atomic E-state index is 12.4. The van der Waals surface area contributed by atoms with E-state index in [4.69, 9.17) is 11.6 Å². The lowest BCUT2D eigenvalue weighted by molar-refractivity contribution is -0.137. The summed E-state index contributed by atoms with van der Waals surface area (Å²) in [5.74, 6) is -0.439. The molecular formula is C13H19ClF3NO. The minimum atomic E-state index is -4.52. The van der Waals surface area contributed by atoms with E-state index >= 15 is 0 Å². The fraction of sp³-hybridized carbons (Fsp3) is 0.462. The molecule has 0 saturated heterocycles. The maximum Gasteiger partial charge on any atom is 0.417 e. The average molecular weight is 298 g/mol. The summed E-state index contributed by atoms with van der Waals surface area (Å²) >= 11 is 5.38. The van der Waals surface area contributed by atoms with E-state index in [-0.39, 0.29) is 5.69 Å². The first-order chi connectivity index (χ1) is 8.80. The Balaban J connectivity index is 0. The quantitative estimate of drug-likeness (QED) is 0.742. The van der Waals surface area contributed by atoms with Gasteiger partial charge in [0.15, 0.2) is 0 Å². The second-order valence-corrected chi connectivity index (χ2v) is 3.28. The number of hydrogen-bond donors (Lipinski definition) is 1. The van der Waals surface area contributed by atoms with Crippen LogP contribution in [-0.2, 0) is 11.0 Å². The molecule has 0 aliphatic heterocycles. The van der Waals surface area contributed by atoms with Gasteiger partial charge in [0.25, 0.3) is 0 Å². The monoisotopic (exact) mass is 297 g/mol. The van der Waals surface area contributed by atoms with E-state index in [1.807, 2.05) is 27.7 Å². The molecule has 0 atom stereocenters. The highest BCUT2D eigenvalue weighted by Crippen LogP contribution is 2.36. The molecule has 0 fully saturated rings. The molecule has 2 nitrogen and oxygen atoms in total. The van der Waals surface area contributed by atoms with E-state index in [1.165, 1.54) is 13.0 Å². The van der Waals surface area contributed by atoms with Crippen molar-refractivity contribution in [3.63, 3.8) is 0 Å². The van der Waals surface area contributed by atoms with Gasteiger partial charge in [0.05, 0.1) is 10.6 Å². The highest BCUT2D eigenvalue weighted by Gasteiger charge is 2.33. The molecule has 0 radical (unpaired) electrons. The molecule has 0 aromatic heterocycles. The van der Waals surface area contributed by atoms with Crippen LogP contribution in [0.4, 0.5) is 18.9 Å². The number of hydrogen-bond acceptors (Lipinski definition) is 1. The van der Waals surface area contributed by atoms with Crippen molar-refractivity contribution in [2.45, 2.75) is 40.8 Å². The first kappa shape index (κ1) is 20.1. The molecule has 1 N–H and O–H groups in total. The van der Waals surface area contributed by atoms with Crippen molar-refractivity contribution >= 4 is 23.2 Å². The zero-order chi connectivity index (χ0) is 15.6. The van der Waals surface area contributed by atoms with Crippen molar-refractivity contribution in [3.8, 4) is 0 Å². The second-order valence-electron chi connectivity index (χ2n) is 2.87. The van der Waals surface area contributed by atoms with Gasteiger partial charge in [0.2, 0.25) is 5.91 Å². The Morgan fingerprint density at radius 2 is 1.63 bits per heavy atom. The van der Waals surface area contributed by atoms with Crippen LogP contribution >= 0.6 is 11.6 Å². The Morgan fingerprint density at radius 3 is 2.00 bits per heavy atom. The highest BCUT2D eigenvalue weighted by molar-refractivity contribution is 6.31. The van der Waals surface area contributed by atoms with Crippen molar-refractivity contribution in [2.75, 3.05) is 5.32 Å². The van der Waals surface area contributed by atoms with Crippen LogP contribution in [0.3, 0.4) is 0 Å². The summed E-state index contributed by atoms with van der Waals surface area (Å²) in [4.78, 5) is 10.6. The van der Waals surface area contributed by atoms with E-state index in [0.717, 1.165) is 12.1 Å². The first-order valence-electron chi connectivity index (χ1n) is 5.95. The molecule has 1 amide bonds. The molecule has 0 bridgehead atoms. The Kier molecular flexibility index (Phi) is 10.2. The fourth-order valence-corrected chi connectivity index (χ4v) is 1.25. The molecule has 19 heavy (non-hydrogen) atoms. The SMILES string of the molecule is CC.CC.CC(=O)Nc1ccc(Cl)c(C(F)(F)F)c1. The Labute approximate surface area is 117 Å². The van der Waals surface area contributed by atoms with Crippen molar-refractivity contribution in [1.82, 2.24) is 0 Å². The summed E-state index contributed by atoms with van der Waals surface area (Å²) in [5.41, 5.74) is -0.894. The molecule has 0 heterocycles. The van der Waals surface area contributed by atoms with Crippen LogP contribution in [0.2, 0.25) is 5.02 Å². The molecule has 0 aliphatic carbocycles. The van der Waals surface area contributed by atoms with E-state index < -0.39 is 22.7 Å². The average Bonchev–Trinajstić information content (AvgIpc) is 2.35. The topological polar surface area (TPSA) is 29.1 Å². The largest absolute Gasteiger partial charge is 0.417 e. The highest BCUT2D eigenvalue weighted by atomic mass is 35.5. The predicted molar refractivity (Wildman–Crippen MR) is 73.5 cm³/mol. The molecule has 0 aliphatic rings. The van der Waals surface area contributed by atoms with Crippen molar-refractivity contribution in [2.24, 2.45) is 0 Å². The van der Waals surface area contributed by atoms with Gasteiger partial charge in [0.1, 0.15) is 0 Å². The number of halogens is 4. The van der Waals surface area contributed by atoms with Gasteiger partial charge in [-0.15, -0.1) is 0 Å². The molecule has 1 rings (SSSR count). The van der Waals surface area contributed by atoms with Gasteiger partial charge in [-0.25, -0.2) is 0 Å². The van der Waals surface area contributed by atoms with Crippen LogP contribution in [-0.4, -0.2) is 5.91 Å². The van der Waals surface area contributed by atoms with Gasteiger partial charge in [-0.3, -0.25) is 4.79 Å². The number of nitrogens with one attached hydrogen (secondary N) is 1. The number of alkyl halides is 3. The number of carbonyl (C=O) groups is 1. The van der Waals surface area contributed by atoms with Gasteiger partial charge in [-0.05, 0) is 18.2 Å². The first-order valence-corrected chi connectivity index (χ1v) is 6.33. The van der Waals surface area contributed by atoms with Crippen molar-refractivity contribution in [1.29, 1.82) is 0 Å². The van der Waals surface area contributed by atoms with Gasteiger partial charge in [0, 0.05) is 12.6 Å². The Morgan fingerprint density at radius 1 is 1.16 bits per heavy atom. The lowest BCUT2D eigenvalue weighted by Crippen LogP contribution is -2.09. The molecule has 0 unspecified atom stereocenters. The molecular weight excluding hydrogens is 279 g/mol. The lowest BCUT2D eigenvalue weighted by atomic mass is 10.2. The maximum atomic E-state index is 12.4. The fourth-order valence-electron chi connectivity index (χ4n) is 1.02. The Hall–Kier alpha value is -1.23. The van der Waals surface area contributed by atoms with Gasteiger partial charge in [-0.2, -0.15) is 13.2 Å². The number of rotatable bonds is 1. The molecule has 1 aromatic rings. The third-order valence-electron chi connectivity index (χ3n) is 1.59. The van der Waals surface area contributed by atoms with Crippen LogP contribution < -0.4 is 5.32 Å². The molecule has 0 saturated carbocycles. The minimum Gasteiger partial charge on any atom is -0.326 e. The number of amides is 1. The molecule has 1 aromatic carbocycles. The van der Waals surface area contributed by atoms with Crippen LogP contribution in [0.1, 0.15) is 40.2 Å². The minimum absolute atomic E-state index is 0.0687. The van der Waals surface area contributed by atoms with E-state index in [1.54, 1.807) is 0 Å². The normalized spacial score (nSPS) is 9.53. The summed E-state index contributed by atoms with van der Waals surface area (Å²) in [6, 6.07) is 3.19. The zero-order valence-corrected chi connectivity index (χ0v) is 12.4. The zero-order valence-electron chi connectivity index (χ0n) is 11.7. The third kappa shape index (κ3) is 7.72. The standard InChI is InChI=1S/C9H7ClF3NO.2C2H6/c1-5(15)14-6-2-3-8(10)7(4-6)9(11,12)13;2*1-2/h2-4H,1H3,(H,14,15);2*1-2H3. The third-order valence-corrected chi connectivity index (χ3v) is 1.92. The van der Waals surface area contributed by atoms with Crippen LogP contribution in [0, 0.1) is 0 Å². The van der Waals surface area contributed by atoms with E-state index in [0.29, 0.717) is 0 Å². The number of anilines is 1.